The van der Waals surface area contributed by atoms with E-state index in [4.69, 9.17) is 0 Å². The van der Waals surface area contributed by atoms with Crippen molar-refractivity contribution in [1.82, 2.24) is 0 Å². The summed E-state index contributed by atoms with van der Waals surface area (Å²) < 4.78 is 94.5. The minimum absolute atomic E-state index is 0.191. The van der Waals surface area contributed by atoms with Crippen molar-refractivity contribution in [2.75, 3.05) is 6.26 Å². The number of hydrogen-bond donors (Lipinski definition) is 1. The third-order valence-electron chi connectivity index (χ3n) is 2.88. The molecule has 5 nitrogen and oxygen atoms in total. The van der Waals surface area contributed by atoms with Crippen LogP contribution in [0, 0.1) is 0 Å². The lowest BCUT2D eigenvalue weighted by Crippen LogP contribution is -2.22. The van der Waals surface area contributed by atoms with Crippen LogP contribution in [0.5, 0.6) is 5.75 Å². The summed E-state index contributed by atoms with van der Waals surface area (Å²) in [6.07, 6.45) is -1.02. The number of rotatable bonds is 3. The molecule has 1 aromatic carbocycles. The van der Waals surface area contributed by atoms with Crippen LogP contribution in [0.25, 0.3) is 0 Å². The van der Waals surface area contributed by atoms with Crippen LogP contribution in [0.4, 0.5) is 24.2 Å². The Labute approximate surface area is 135 Å². The number of carbonyl (C=O) groups excluding carboxylic acids is 1. The van der Waals surface area contributed by atoms with Crippen LogP contribution in [0.1, 0.15) is 26.3 Å². The average Bonchev–Trinajstić information content (AvgIpc) is 2.21. The summed E-state index contributed by atoms with van der Waals surface area (Å²) in [5, 5.41) is 0. The van der Waals surface area contributed by atoms with Gasteiger partial charge in [-0.15, -0.1) is 0 Å². The molecule has 0 heterocycles. The van der Waals surface area contributed by atoms with Gasteiger partial charge in [0.25, 0.3) is 0 Å². The molecule has 1 aromatic rings. The molecule has 0 aliphatic heterocycles. The summed E-state index contributed by atoms with van der Waals surface area (Å²) in [5.74, 6) is -1.21. The normalized spacial score (nSPS) is 16.2. The molecule has 1 amide bonds. The molecule has 140 valence electrons. The molecule has 0 aliphatic rings. The lowest BCUT2D eigenvalue weighted by Gasteiger charge is -2.43. The van der Waals surface area contributed by atoms with Crippen molar-refractivity contribution in [3.63, 3.8) is 0 Å². The number of amides is 1. The van der Waals surface area contributed by atoms with E-state index in [2.05, 4.69) is 10.5 Å². The Bertz CT molecular complexity index is 811. The fraction of sp³-hybridized carbons (Fsp3) is 0.417. The summed E-state index contributed by atoms with van der Waals surface area (Å²) in [6.45, 7) is 3.61. The van der Waals surface area contributed by atoms with Crippen LogP contribution >= 0.6 is 10.2 Å². The number of nitrogens with two attached hydrogens (primary N) is 1. The molecular weight excluding hydrogens is 381 g/mol. The molecule has 0 saturated carbocycles. The fourth-order valence-electron chi connectivity index (χ4n) is 1.92. The van der Waals surface area contributed by atoms with Gasteiger partial charge in [-0.05, 0) is 17.0 Å². The van der Waals surface area contributed by atoms with E-state index in [1.165, 1.54) is 20.8 Å². The van der Waals surface area contributed by atoms with Crippen molar-refractivity contribution < 1.29 is 37.4 Å². The molecule has 0 aromatic heterocycles. The zero-order valence-electron chi connectivity index (χ0n) is 13.1. The number of benzene rings is 1. The standard InChI is InChI=1S/C12H16F5NO4S2/c1-12(2,3)7-5-9(23(4,20)21)8(22-11(18)19)6-10(7)24(13,14,15,16)17/h5-6H,1-4H3,(H2,18,19). The molecule has 0 saturated heterocycles. The van der Waals surface area contributed by atoms with Crippen LogP contribution in [0.2, 0.25) is 0 Å². The highest BCUT2D eigenvalue weighted by molar-refractivity contribution is 8.45. The van der Waals surface area contributed by atoms with E-state index in [1.54, 1.807) is 0 Å². The second-order valence-corrected chi connectivity index (χ2v) is 10.6. The molecule has 0 radical (unpaired) electrons. The molecule has 1 rings (SSSR count). The van der Waals surface area contributed by atoms with Gasteiger partial charge >= 0.3 is 16.3 Å². The Balaban J connectivity index is 4.08. The van der Waals surface area contributed by atoms with Crippen molar-refractivity contribution in [1.29, 1.82) is 0 Å². The quantitative estimate of drug-likeness (QED) is 0.761. The highest BCUT2D eigenvalue weighted by Crippen LogP contribution is 3.02. The van der Waals surface area contributed by atoms with Gasteiger partial charge in [-0.25, -0.2) is 13.2 Å². The van der Waals surface area contributed by atoms with Gasteiger partial charge in [-0.3, -0.25) is 0 Å². The molecule has 12 heteroatoms. The Morgan fingerprint density at radius 2 is 1.58 bits per heavy atom. The second kappa shape index (κ2) is 4.75. The Morgan fingerprint density at radius 1 is 1.12 bits per heavy atom. The Kier molecular flexibility index (Phi) is 4.05. The average molecular weight is 397 g/mol. The Morgan fingerprint density at radius 3 is 1.88 bits per heavy atom. The van der Waals surface area contributed by atoms with Crippen LogP contribution in [0.15, 0.2) is 21.9 Å². The minimum atomic E-state index is -10.2. The van der Waals surface area contributed by atoms with Gasteiger partial charge in [0.2, 0.25) is 0 Å². The largest absolute Gasteiger partial charge is 0.410 e. The SMILES string of the molecule is CC(C)(C)c1cc(S(C)(=O)=O)c(OC(N)=O)cc1S(F)(F)(F)(F)F. The van der Waals surface area contributed by atoms with E-state index in [0.29, 0.717) is 12.3 Å². The molecule has 0 unspecified atom stereocenters. The molecule has 24 heavy (non-hydrogen) atoms. The summed E-state index contributed by atoms with van der Waals surface area (Å²) >= 11 is 0. The van der Waals surface area contributed by atoms with E-state index in [0.717, 1.165) is 0 Å². The maximum absolute atomic E-state index is 13.4. The number of carbonyl (C=O) groups is 1. The maximum Gasteiger partial charge on any atom is 0.410 e. The first-order valence-electron chi connectivity index (χ1n) is 6.23. The third-order valence-corrected chi connectivity index (χ3v) is 5.17. The van der Waals surface area contributed by atoms with Crippen molar-refractivity contribution in [2.45, 2.75) is 36.0 Å². The third kappa shape index (κ3) is 4.72. The van der Waals surface area contributed by atoms with E-state index in [-0.39, 0.29) is 6.07 Å². The minimum Gasteiger partial charge on any atom is -0.409 e. The Hall–Kier alpha value is -1.56. The first-order valence-corrected chi connectivity index (χ1v) is 10.1. The van der Waals surface area contributed by atoms with E-state index < -0.39 is 52.7 Å². The smallest absolute Gasteiger partial charge is 0.409 e. The van der Waals surface area contributed by atoms with Gasteiger partial charge in [0.05, 0.1) is 0 Å². The van der Waals surface area contributed by atoms with Gasteiger partial charge in [0, 0.05) is 12.3 Å². The van der Waals surface area contributed by atoms with E-state index in [1.807, 2.05) is 0 Å². The lowest BCUT2D eigenvalue weighted by molar-refractivity contribution is 0.209. The van der Waals surface area contributed by atoms with Crippen molar-refractivity contribution in [3.8, 4) is 5.75 Å². The van der Waals surface area contributed by atoms with Crippen LogP contribution < -0.4 is 10.5 Å². The van der Waals surface area contributed by atoms with Gasteiger partial charge in [-0.1, -0.05) is 40.2 Å². The van der Waals surface area contributed by atoms with Crippen LogP contribution in [0.3, 0.4) is 0 Å². The van der Waals surface area contributed by atoms with Gasteiger partial charge in [-0.2, -0.15) is 0 Å². The number of halogens is 5. The van der Waals surface area contributed by atoms with Gasteiger partial charge in [0.1, 0.15) is 9.79 Å². The van der Waals surface area contributed by atoms with E-state index >= 15 is 0 Å². The van der Waals surface area contributed by atoms with Crippen molar-refractivity contribution in [3.05, 3.63) is 17.7 Å². The predicted molar refractivity (Wildman–Crippen MR) is 79.9 cm³/mol. The summed E-state index contributed by atoms with van der Waals surface area (Å²) in [7, 11) is -14.4. The van der Waals surface area contributed by atoms with Crippen molar-refractivity contribution in [2.24, 2.45) is 5.73 Å². The van der Waals surface area contributed by atoms with E-state index in [9.17, 15) is 32.6 Å². The zero-order valence-corrected chi connectivity index (χ0v) is 14.7. The predicted octanol–water partition coefficient (Wildman–Crippen LogP) is 4.50. The monoisotopic (exact) mass is 397 g/mol. The zero-order chi connectivity index (χ0) is 19.4. The van der Waals surface area contributed by atoms with Gasteiger partial charge < -0.3 is 10.5 Å². The molecule has 0 fully saturated rings. The van der Waals surface area contributed by atoms with Crippen LogP contribution in [-0.4, -0.2) is 20.8 Å². The number of hydrogen-bond acceptors (Lipinski definition) is 4. The number of sulfone groups is 1. The fourth-order valence-corrected chi connectivity index (χ4v) is 3.83. The molecule has 2 N–H and O–H groups in total. The molecule has 0 spiro atoms. The first kappa shape index (κ1) is 20.5. The highest BCUT2D eigenvalue weighted by Gasteiger charge is 2.67. The molecule has 0 aliphatic carbocycles. The maximum atomic E-state index is 13.4. The number of ether oxygens (including phenoxy) is 1. The second-order valence-electron chi connectivity index (χ2n) is 6.21. The summed E-state index contributed by atoms with van der Waals surface area (Å²) in [6, 6.07) is 0.240. The highest BCUT2D eigenvalue weighted by atomic mass is 32.5. The lowest BCUT2D eigenvalue weighted by atomic mass is 9.87. The first-order chi connectivity index (χ1) is 10.1. The summed E-state index contributed by atoms with van der Waals surface area (Å²) in [4.78, 5) is 7.62. The molecular formula is C12H16F5NO4S2. The van der Waals surface area contributed by atoms with Crippen LogP contribution in [-0.2, 0) is 15.3 Å². The molecule has 0 bridgehead atoms. The molecule has 0 atom stereocenters. The topological polar surface area (TPSA) is 86.5 Å². The summed E-state index contributed by atoms with van der Waals surface area (Å²) in [5.41, 5.74) is 2.25. The van der Waals surface area contributed by atoms with Crippen molar-refractivity contribution >= 4 is 26.2 Å². The van der Waals surface area contributed by atoms with Gasteiger partial charge in [0.15, 0.2) is 15.6 Å². The number of primary amides is 1.